The first-order chi connectivity index (χ1) is 47.8. The number of nitrogens with zero attached hydrogens (tertiary/aromatic N) is 2. The van der Waals surface area contributed by atoms with Crippen LogP contribution in [0.15, 0.2) is 35.4 Å². The fourth-order valence-corrected chi connectivity index (χ4v) is 14.9. The molecular weight excluding hydrogens is 1220 g/mol. The molecule has 3 rings (SSSR count). The van der Waals surface area contributed by atoms with Gasteiger partial charge in [0.25, 0.3) is 0 Å². The minimum absolute atomic E-state index is 0.923. The van der Waals surface area contributed by atoms with Crippen LogP contribution >= 0.6 is 0 Å². The third-order valence-corrected chi connectivity index (χ3v) is 21.2. The molecule has 1 heterocycles. The van der Waals surface area contributed by atoms with Gasteiger partial charge in [-0.25, -0.2) is 4.70 Å². The molecule has 0 aliphatic carbocycles. The Labute approximate surface area is 612 Å². The second kappa shape index (κ2) is 66.0. The van der Waals surface area contributed by atoms with E-state index < -0.39 is 0 Å². The third kappa shape index (κ3) is 43.3. The number of hydrogen-bond donors (Lipinski definition) is 0. The molecule has 97 heavy (non-hydrogen) atoms. The normalized spacial score (nSPS) is 12.1. The summed E-state index contributed by atoms with van der Waals surface area (Å²) < 4.78 is 1.68. The molecule has 3 heteroatoms. The molecule has 2 aromatic rings. The molecule has 0 amide bonds. The van der Waals surface area contributed by atoms with Crippen molar-refractivity contribution in [3.05, 3.63) is 85.5 Å². The predicted molar refractivity (Wildman–Crippen MR) is 431 cm³/mol. The van der Waals surface area contributed by atoms with Crippen molar-refractivity contribution >= 4 is 11.4 Å². The molecule has 0 fully saturated rings. The van der Waals surface area contributed by atoms with Gasteiger partial charge in [0.1, 0.15) is 5.57 Å². The maximum atomic E-state index is 13.2. The van der Waals surface area contributed by atoms with Crippen molar-refractivity contribution in [3.63, 3.8) is 0 Å². The first-order valence-electron chi connectivity index (χ1n) is 43.1. The summed E-state index contributed by atoms with van der Waals surface area (Å²) in [5.41, 5.74) is 29.3. The van der Waals surface area contributed by atoms with Crippen LogP contribution in [0, 0.1) is 33.5 Å². The first kappa shape index (κ1) is 89.8. The number of aryl methyl sites for hydroxylation is 4. The van der Waals surface area contributed by atoms with Crippen molar-refractivity contribution in [2.75, 3.05) is 0 Å². The minimum atomic E-state index is 0.923. The summed E-state index contributed by atoms with van der Waals surface area (Å²) in [6.07, 6.45) is 79.5. The van der Waals surface area contributed by atoms with Crippen molar-refractivity contribution in [1.29, 1.82) is 0 Å². The standard InChI is InChI=1S/C64H104N2.2C15H27.Ni/c1-9-17-25-26-27-28-29-30-31-32-40-48-62-61(47-39-24-16-8)63(57-49-53(41-33-18-10-2)59(45-37-22-14-6)54(50-57)42-34-19-11-3)66(65)64(62)58-51-55(43-35-20-12-4)60(46-38-23-15-7)56(52-58)44-36-21-13-5;2*1-3-5-7-9-11-13-15-14-12-10-8-6-4-2;/h49-52H,9-39,41-47H2,1-8H3;2*3,5-15H2,1H3;. The number of allylic oxidation sites excluding steroid dienone is 2. The van der Waals surface area contributed by atoms with Gasteiger partial charge < -0.3 is 5.53 Å². The zero-order chi connectivity index (χ0) is 70.1. The molecule has 554 valence electrons. The van der Waals surface area contributed by atoms with Crippen LogP contribution < -0.4 is 0 Å². The van der Waals surface area contributed by atoms with Crippen LogP contribution in [0.25, 0.3) is 16.9 Å². The summed E-state index contributed by atoms with van der Waals surface area (Å²) >= 11 is 1.32. The van der Waals surface area contributed by atoms with Gasteiger partial charge in [-0.2, -0.15) is 0 Å². The molecule has 0 spiro atoms. The van der Waals surface area contributed by atoms with Gasteiger partial charge in [-0.05, 0) is 154 Å². The van der Waals surface area contributed by atoms with Crippen LogP contribution in [0.3, 0.4) is 0 Å². The van der Waals surface area contributed by atoms with Crippen molar-refractivity contribution in [3.8, 4) is 33.5 Å². The van der Waals surface area contributed by atoms with Gasteiger partial charge in [-0.1, -0.05) is 248 Å². The predicted octanol–water partition coefficient (Wildman–Crippen LogP) is 31.2. The van der Waals surface area contributed by atoms with Gasteiger partial charge in [0.2, 0.25) is 11.4 Å². The van der Waals surface area contributed by atoms with E-state index in [-0.39, 0.29) is 0 Å². The summed E-state index contributed by atoms with van der Waals surface area (Å²) in [6.45, 7) is 23.2. The van der Waals surface area contributed by atoms with Gasteiger partial charge in [-0.3, -0.25) is 0 Å². The van der Waals surface area contributed by atoms with Gasteiger partial charge in [-0.15, -0.1) is 0 Å². The zero-order valence-electron chi connectivity index (χ0n) is 66.4. The van der Waals surface area contributed by atoms with Crippen molar-refractivity contribution in [1.82, 2.24) is 0 Å². The number of unbranched alkanes of at least 4 members (excludes halogenated alkanes) is 45. The molecule has 0 radical (unpaired) electrons. The average molecular weight is 1380 g/mol. The van der Waals surface area contributed by atoms with Crippen LogP contribution in [0.5, 0.6) is 0 Å². The third-order valence-electron chi connectivity index (χ3n) is 20.6. The Morgan fingerprint density at radius 3 is 0.804 bits per heavy atom. The van der Waals surface area contributed by atoms with E-state index in [1.807, 2.05) is 0 Å². The Hall–Kier alpha value is -3.31. The number of hydrogen-bond acceptors (Lipinski definition) is 0. The van der Waals surface area contributed by atoms with Gasteiger partial charge in [0, 0.05) is 23.1 Å². The second-order valence-corrected chi connectivity index (χ2v) is 30.4. The van der Waals surface area contributed by atoms with Crippen LogP contribution in [0.2, 0.25) is 0 Å². The van der Waals surface area contributed by atoms with Crippen LogP contribution in [0.4, 0.5) is 0 Å². The van der Waals surface area contributed by atoms with Crippen molar-refractivity contribution in [2.45, 2.75) is 467 Å². The molecule has 0 unspecified atom stereocenters. The molecule has 0 saturated heterocycles. The Morgan fingerprint density at radius 2 is 0.505 bits per heavy atom. The van der Waals surface area contributed by atoms with Gasteiger partial charge in [0.05, 0.1) is 0 Å². The van der Waals surface area contributed by atoms with Crippen molar-refractivity contribution < 1.29 is 19.1 Å². The molecule has 1 aliphatic rings. The summed E-state index contributed by atoms with van der Waals surface area (Å²) in [5, 5.41) is 0. The molecule has 0 N–H and O–H groups in total. The fraction of sp³-hybridized carbons (Fsp3) is 0.766. The van der Waals surface area contributed by atoms with E-state index in [4.69, 9.17) is 0 Å². The number of benzene rings is 2. The fourth-order valence-electron chi connectivity index (χ4n) is 14.5. The Balaban J connectivity index is 0.000000865. The van der Waals surface area contributed by atoms with E-state index in [2.05, 4.69) is 127 Å². The quantitative estimate of drug-likeness (QED) is 0.0273. The van der Waals surface area contributed by atoms with Gasteiger partial charge in [0.15, 0.2) is 0 Å². The first-order valence-corrected chi connectivity index (χ1v) is 44.1. The monoisotopic (exact) mass is 1370 g/mol. The van der Waals surface area contributed by atoms with E-state index in [1.165, 1.54) is 387 Å². The smallest absolute Gasteiger partial charge is 0.0654 e. The molecule has 0 atom stereocenters. The number of rotatable bonds is 61. The van der Waals surface area contributed by atoms with Crippen molar-refractivity contribution in [2.24, 2.45) is 0 Å². The van der Waals surface area contributed by atoms with Gasteiger partial charge >= 0.3 is 164 Å². The zero-order valence-corrected chi connectivity index (χ0v) is 67.3. The molecule has 0 bridgehead atoms. The average Bonchev–Trinajstić information content (AvgIpc) is 1.61. The molecule has 2 aromatic carbocycles. The molecule has 1 aliphatic heterocycles. The Kier molecular flexibility index (Phi) is 61.1. The van der Waals surface area contributed by atoms with E-state index >= 15 is 0 Å². The second-order valence-electron chi connectivity index (χ2n) is 29.7. The van der Waals surface area contributed by atoms with E-state index in [1.54, 1.807) is 15.8 Å². The van der Waals surface area contributed by atoms with Crippen LogP contribution in [0.1, 0.15) is 473 Å². The van der Waals surface area contributed by atoms with E-state index in [9.17, 15) is 5.53 Å². The van der Waals surface area contributed by atoms with Crippen LogP contribution in [-0.4, -0.2) is 4.70 Å². The SMILES string of the molecule is CCCCCCCCCCCC#CC1=C(c2cc(CCCCC)c(CCCCC)c(CCCCC)c2)[N+](=[N-])C(c2cc(CCCCC)c(CCCCC)c(CCCCC)c2)=C1CCCCC.CCCCCCCCCCCCCC#[C][Ni][C]#CCCCCCCCCCCCCC. The Bertz CT molecular complexity index is 2400. The molecule has 2 nitrogen and oxygen atoms in total. The van der Waals surface area contributed by atoms with Crippen LogP contribution in [-0.2, 0) is 53.0 Å². The molecule has 0 saturated carbocycles. The minimum Gasteiger partial charge on any atom is -0.0654 e. The van der Waals surface area contributed by atoms with E-state index in [0.29, 0.717) is 0 Å². The summed E-state index contributed by atoms with van der Waals surface area (Å²) in [5.74, 6) is 14.2. The summed E-state index contributed by atoms with van der Waals surface area (Å²) in [6, 6.07) is 10.1. The maximum absolute atomic E-state index is 13.2. The molecular formula is C94H158N2Ni. The Morgan fingerprint density at radius 1 is 0.268 bits per heavy atom. The topological polar surface area (TPSA) is 25.3 Å². The molecule has 0 aromatic heterocycles. The summed E-state index contributed by atoms with van der Waals surface area (Å²) in [4.78, 5) is 6.36. The van der Waals surface area contributed by atoms with E-state index in [0.717, 1.165) is 81.2 Å². The summed E-state index contributed by atoms with van der Waals surface area (Å²) in [7, 11) is 0.